The zero-order valence-corrected chi connectivity index (χ0v) is 14.6. The fraction of sp³-hybridized carbons (Fsp3) is 0.444. The van der Waals surface area contributed by atoms with Crippen molar-refractivity contribution >= 4 is 29.4 Å². The first-order chi connectivity index (χ1) is 11.5. The summed E-state index contributed by atoms with van der Waals surface area (Å²) in [6.45, 7) is 6.19. The van der Waals surface area contributed by atoms with Crippen molar-refractivity contribution in [3.8, 4) is 0 Å². The number of amides is 2. The highest BCUT2D eigenvalue weighted by Crippen LogP contribution is 2.12. The maximum absolute atomic E-state index is 11.7. The lowest BCUT2D eigenvalue weighted by Crippen LogP contribution is -2.44. The minimum atomic E-state index is -1.19. The van der Waals surface area contributed by atoms with Gasteiger partial charge in [-0.2, -0.15) is 0 Å². The maximum atomic E-state index is 11.7. The van der Waals surface area contributed by atoms with Crippen LogP contribution in [0.15, 0.2) is 24.3 Å². The van der Waals surface area contributed by atoms with Gasteiger partial charge in [0.2, 0.25) is 5.78 Å². The minimum absolute atomic E-state index is 0. The zero-order valence-electron chi connectivity index (χ0n) is 14.6. The van der Waals surface area contributed by atoms with Gasteiger partial charge in [0.25, 0.3) is 5.91 Å². The van der Waals surface area contributed by atoms with Crippen LogP contribution < -0.4 is 10.6 Å². The van der Waals surface area contributed by atoms with E-state index < -0.39 is 35.4 Å². The first kappa shape index (κ1) is 23.1. The van der Waals surface area contributed by atoms with Crippen molar-refractivity contribution in [2.24, 2.45) is 0 Å². The topological polar surface area (TPSA) is 122 Å². The highest BCUT2D eigenvalue weighted by atomic mass is 16.6. The lowest BCUT2D eigenvalue weighted by Gasteiger charge is -2.22. The third-order valence-electron chi connectivity index (χ3n) is 2.96. The van der Waals surface area contributed by atoms with Gasteiger partial charge in [-0.1, -0.05) is 19.6 Å². The number of rotatable bonds is 6. The molecule has 0 saturated carbocycles. The Bertz CT molecular complexity index is 661. The number of carbonyl (C=O) groups is 4. The molecule has 0 fully saturated rings. The monoisotopic (exact) mass is 366 g/mol. The normalized spacial score (nSPS) is 11.5. The molecule has 0 heterocycles. The van der Waals surface area contributed by atoms with E-state index in [9.17, 15) is 24.3 Å². The number of carboxylic acid groups (broad SMARTS) is 1. The van der Waals surface area contributed by atoms with Crippen molar-refractivity contribution in [3.63, 3.8) is 0 Å². The third kappa shape index (κ3) is 8.27. The number of anilines is 1. The number of nitrogens with one attached hydrogen (secondary N) is 2. The van der Waals surface area contributed by atoms with Crippen LogP contribution in [0.5, 0.6) is 0 Å². The molecule has 1 aromatic rings. The number of ketones is 1. The Hall–Kier alpha value is -2.90. The number of aliphatic carboxylic acids is 1. The summed E-state index contributed by atoms with van der Waals surface area (Å²) in [5, 5.41) is 14.0. The van der Waals surface area contributed by atoms with Gasteiger partial charge < -0.3 is 20.5 Å². The highest BCUT2D eigenvalue weighted by molar-refractivity contribution is 6.39. The van der Waals surface area contributed by atoms with Gasteiger partial charge in [0.1, 0.15) is 11.6 Å². The van der Waals surface area contributed by atoms with E-state index in [0.717, 1.165) is 6.92 Å². The van der Waals surface area contributed by atoms with Crippen LogP contribution in [0.3, 0.4) is 0 Å². The molecule has 0 bridgehead atoms. The molecule has 1 rings (SSSR count). The number of benzene rings is 1. The molecular formula is C18H26N2O6. The van der Waals surface area contributed by atoms with Crippen molar-refractivity contribution in [2.75, 3.05) is 5.32 Å². The molecule has 2 amide bonds. The number of carboxylic acids is 1. The van der Waals surface area contributed by atoms with Gasteiger partial charge in [-0.05, 0) is 38.5 Å². The second kappa shape index (κ2) is 9.55. The van der Waals surface area contributed by atoms with E-state index in [-0.39, 0.29) is 13.8 Å². The number of alkyl carbamates (subject to hydrolysis) is 1. The fourth-order valence-electron chi connectivity index (χ4n) is 1.83. The summed E-state index contributed by atoms with van der Waals surface area (Å²) in [5.74, 6) is -2.54. The van der Waals surface area contributed by atoms with Gasteiger partial charge in [-0.15, -0.1) is 0 Å². The van der Waals surface area contributed by atoms with Crippen LogP contribution in [0.25, 0.3) is 0 Å². The molecule has 0 aliphatic rings. The van der Waals surface area contributed by atoms with Crippen molar-refractivity contribution in [1.82, 2.24) is 5.32 Å². The second-order valence-electron chi connectivity index (χ2n) is 6.45. The van der Waals surface area contributed by atoms with Crippen LogP contribution in [0.1, 0.15) is 40.7 Å². The van der Waals surface area contributed by atoms with Crippen LogP contribution in [-0.4, -0.2) is 40.5 Å². The number of hydrogen-bond donors (Lipinski definition) is 3. The lowest BCUT2D eigenvalue weighted by molar-refractivity contribution is -0.139. The molecule has 0 radical (unpaired) electrons. The smallest absolute Gasteiger partial charge is 0.408 e. The Morgan fingerprint density at radius 2 is 1.65 bits per heavy atom. The number of Topliss-reactive ketones (excluding diaryl/α,β-unsaturated/α-hetero) is 1. The zero-order chi connectivity index (χ0) is 19.2. The largest absolute Gasteiger partial charge is 0.480 e. The Labute approximate surface area is 152 Å². The average Bonchev–Trinajstić information content (AvgIpc) is 2.46. The predicted octanol–water partition coefficient (Wildman–Crippen LogP) is 2.37. The quantitative estimate of drug-likeness (QED) is 0.665. The number of carbonyl (C=O) groups excluding carboxylic acids is 3. The minimum Gasteiger partial charge on any atom is -0.480 e. The number of hydrogen-bond acceptors (Lipinski definition) is 5. The predicted molar refractivity (Wildman–Crippen MR) is 97.0 cm³/mol. The summed E-state index contributed by atoms with van der Waals surface area (Å²) in [5.41, 5.74) is 0.309. The van der Waals surface area contributed by atoms with E-state index in [1.807, 2.05) is 0 Å². The summed E-state index contributed by atoms with van der Waals surface area (Å²) in [7, 11) is 0. The first-order valence-corrected chi connectivity index (χ1v) is 7.61. The van der Waals surface area contributed by atoms with Crippen LogP contribution in [0.4, 0.5) is 10.5 Å². The summed E-state index contributed by atoms with van der Waals surface area (Å²) in [6.07, 6.45) is -0.777. The Morgan fingerprint density at radius 1 is 1.12 bits per heavy atom. The second-order valence-corrected chi connectivity index (χ2v) is 6.45. The van der Waals surface area contributed by atoms with Gasteiger partial charge >= 0.3 is 12.1 Å². The molecule has 0 aromatic heterocycles. The molecule has 8 nitrogen and oxygen atoms in total. The lowest BCUT2D eigenvalue weighted by atomic mass is 10.1. The van der Waals surface area contributed by atoms with Gasteiger partial charge in [-0.25, -0.2) is 9.59 Å². The van der Waals surface area contributed by atoms with E-state index >= 15 is 0 Å². The van der Waals surface area contributed by atoms with E-state index in [0.29, 0.717) is 11.3 Å². The van der Waals surface area contributed by atoms with Gasteiger partial charge in [0.15, 0.2) is 0 Å². The molecule has 3 N–H and O–H groups in total. The molecule has 0 spiro atoms. The molecule has 1 unspecified atom stereocenters. The summed E-state index contributed by atoms with van der Waals surface area (Å²) >= 11 is 0. The standard InChI is InChI=1S/C17H22N2O6.CH4/c1-10(20)14(21)18-12-7-5-11(6-8-12)9-13(15(22)23)19-16(24)25-17(2,3)4;/h5-8,13H,9H2,1-4H3,(H,18,21)(H,19,24)(H,22,23);1H4. The van der Waals surface area contributed by atoms with Crippen LogP contribution in [0, 0.1) is 0 Å². The molecule has 26 heavy (non-hydrogen) atoms. The van der Waals surface area contributed by atoms with Gasteiger partial charge in [0, 0.05) is 19.0 Å². The number of ether oxygens (including phenoxy) is 1. The summed E-state index contributed by atoms with van der Waals surface area (Å²) in [6, 6.07) is 5.13. The molecule has 1 atom stereocenters. The maximum Gasteiger partial charge on any atom is 0.408 e. The van der Waals surface area contributed by atoms with Crippen molar-refractivity contribution in [1.29, 1.82) is 0 Å². The van der Waals surface area contributed by atoms with E-state index in [1.165, 1.54) is 0 Å². The highest BCUT2D eigenvalue weighted by Gasteiger charge is 2.24. The van der Waals surface area contributed by atoms with Crippen LogP contribution in [-0.2, 0) is 25.5 Å². The van der Waals surface area contributed by atoms with Crippen LogP contribution >= 0.6 is 0 Å². The van der Waals surface area contributed by atoms with E-state index in [4.69, 9.17) is 4.74 Å². The Kier molecular flexibility index (Phi) is 8.48. The van der Waals surface area contributed by atoms with Crippen molar-refractivity contribution in [3.05, 3.63) is 29.8 Å². The molecule has 0 aliphatic heterocycles. The molecular weight excluding hydrogens is 340 g/mol. The molecule has 0 aliphatic carbocycles. The summed E-state index contributed by atoms with van der Waals surface area (Å²) in [4.78, 5) is 45.3. The first-order valence-electron chi connectivity index (χ1n) is 7.61. The van der Waals surface area contributed by atoms with Crippen LogP contribution in [0.2, 0.25) is 0 Å². The van der Waals surface area contributed by atoms with Crippen molar-refractivity contribution < 1.29 is 29.0 Å². The summed E-state index contributed by atoms with van der Waals surface area (Å²) < 4.78 is 5.05. The van der Waals surface area contributed by atoms with E-state index in [2.05, 4.69) is 10.6 Å². The van der Waals surface area contributed by atoms with Gasteiger partial charge in [-0.3, -0.25) is 9.59 Å². The fourth-order valence-corrected chi connectivity index (χ4v) is 1.83. The van der Waals surface area contributed by atoms with E-state index in [1.54, 1.807) is 45.0 Å². The third-order valence-corrected chi connectivity index (χ3v) is 2.96. The van der Waals surface area contributed by atoms with Crippen molar-refractivity contribution in [2.45, 2.75) is 53.2 Å². The molecule has 144 valence electrons. The average molecular weight is 366 g/mol. The Balaban J connectivity index is 0.00000625. The Morgan fingerprint density at radius 3 is 2.08 bits per heavy atom. The van der Waals surface area contributed by atoms with Gasteiger partial charge in [0.05, 0.1) is 0 Å². The molecule has 8 heteroatoms. The SMILES string of the molecule is C.CC(=O)C(=O)Nc1ccc(CC(NC(=O)OC(C)(C)C)C(=O)O)cc1. The molecule has 1 aromatic carbocycles. The molecule has 0 saturated heterocycles.